The average molecular weight is 246 g/mol. The highest BCUT2D eigenvalue weighted by atomic mass is 79.9. The van der Waals surface area contributed by atoms with Crippen molar-refractivity contribution in [1.82, 2.24) is 0 Å². The van der Waals surface area contributed by atoms with E-state index in [0.29, 0.717) is 4.47 Å². The Kier molecular flexibility index (Phi) is 2.95. The summed E-state index contributed by atoms with van der Waals surface area (Å²) in [5, 5.41) is 9.42. The first-order valence-corrected chi connectivity index (χ1v) is 4.64. The molecule has 4 heteroatoms. The van der Waals surface area contributed by atoms with Crippen molar-refractivity contribution in [3.05, 3.63) is 28.2 Å². The molecule has 0 bridgehead atoms. The Morgan fingerprint density at radius 2 is 2.08 bits per heavy atom. The zero-order valence-electron chi connectivity index (χ0n) is 7.54. The van der Waals surface area contributed by atoms with Crippen LogP contribution >= 0.6 is 15.9 Å². The number of phenolic OH excluding ortho intramolecular Hbond substituents is 1. The van der Waals surface area contributed by atoms with Crippen LogP contribution in [0, 0.1) is 0 Å². The molecule has 0 fully saturated rings. The Morgan fingerprint density at radius 3 is 2.62 bits per heavy atom. The van der Waals surface area contributed by atoms with Gasteiger partial charge in [0.05, 0.1) is 4.47 Å². The van der Waals surface area contributed by atoms with E-state index in [1.165, 1.54) is 0 Å². The Morgan fingerprint density at radius 1 is 1.46 bits per heavy atom. The van der Waals surface area contributed by atoms with Crippen molar-refractivity contribution in [1.29, 1.82) is 0 Å². The third kappa shape index (κ3) is 2.02. The minimum atomic E-state index is -0.614. The molecular weight excluding hydrogens is 234 g/mol. The second-order valence-corrected chi connectivity index (χ2v) is 4.06. The van der Waals surface area contributed by atoms with Gasteiger partial charge in [-0.3, -0.25) is 4.84 Å². The van der Waals surface area contributed by atoms with Crippen molar-refractivity contribution < 1.29 is 9.94 Å². The third-order valence-corrected chi connectivity index (χ3v) is 2.76. The predicted octanol–water partition coefficient (Wildman–Crippen LogP) is 2.28. The summed E-state index contributed by atoms with van der Waals surface area (Å²) < 4.78 is 0.616. The second kappa shape index (κ2) is 3.65. The number of aromatic hydroxyl groups is 1. The van der Waals surface area contributed by atoms with E-state index in [2.05, 4.69) is 15.9 Å². The Balaban J connectivity index is 3.22. The molecular formula is C9H12BrNO2. The van der Waals surface area contributed by atoms with Gasteiger partial charge in [0, 0.05) is 5.56 Å². The molecule has 1 aromatic rings. The Hall–Kier alpha value is -0.580. The SMILES string of the molecule is CC(C)(ON)c1cccc(O)c1Br. The lowest BCUT2D eigenvalue weighted by Crippen LogP contribution is -2.25. The van der Waals surface area contributed by atoms with Gasteiger partial charge in [-0.05, 0) is 35.8 Å². The standard InChI is InChI=1S/C9H12BrNO2/c1-9(2,13-11)6-4-3-5-7(12)8(6)10/h3-5,12H,11H2,1-2H3. The van der Waals surface area contributed by atoms with Crippen LogP contribution in [0.2, 0.25) is 0 Å². The quantitative estimate of drug-likeness (QED) is 0.787. The van der Waals surface area contributed by atoms with Crippen LogP contribution in [0.4, 0.5) is 0 Å². The summed E-state index contributed by atoms with van der Waals surface area (Å²) in [5.41, 5.74) is 0.201. The van der Waals surface area contributed by atoms with Crippen LogP contribution in [-0.2, 0) is 10.4 Å². The highest BCUT2D eigenvalue weighted by Crippen LogP contribution is 2.35. The molecule has 1 aromatic carbocycles. The summed E-state index contributed by atoms with van der Waals surface area (Å²) in [5.74, 6) is 5.34. The number of hydrogen-bond acceptors (Lipinski definition) is 3. The number of nitrogens with two attached hydrogens (primary N) is 1. The molecule has 0 saturated carbocycles. The number of rotatable bonds is 2. The second-order valence-electron chi connectivity index (χ2n) is 3.27. The lowest BCUT2D eigenvalue weighted by molar-refractivity contribution is -0.0242. The highest BCUT2D eigenvalue weighted by molar-refractivity contribution is 9.10. The van der Waals surface area contributed by atoms with E-state index >= 15 is 0 Å². The monoisotopic (exact) mass is 245 g/mol. The van der Waals surface area contributed by atoms with E-state index in [1.807, 2.05) is 19.9 Å². The molecule has 72 valence electrons. The van der Waals surface area contributed by atoms with Crippen molar-refractivity contribution >= 4 is 15.9 Å². The maximum absolute atomic E-state index is 9.42. The Bertz CT molecular complexity index is 312. The number of benzene rings is 1. The van der Waals surface area contributed by atoms with Crippen LogP contribution in [0.25, 0.3) is 0 Å². The van der Waals surface area contributed by atoms with Crippen LogP contribution in [0.3, 0.4) is 0 Å². The van der Waals surface area contributed by atoms with Crippen LogP contribution in [0.1, 0.15) is 19.4 Å². The Labute approximate surface area is 85.6 Å². The van der Waals surface area contributed by atoms with Gasteiger partial charge in [-0.1, -0.05) is 12.1 Å². The molecule has 0 saturated heterocycles. The minimum absolute atomic E-state index is 0.183. The number of hydrogen-bond donors (Lipinski definition) is 2. The zero-order chi connectivity index (χ0) is 10.1. The topological polar surface area (TPSA) is 55.5 Å². The predicted molar refractivity (Wildman–Crippen MR) is 54.1 cm³/mol. The molecule has 0 atom stereocenters. The maximum Gasteiger partial charge on any atom is 0.130 e. The van der Waals surface area contributed by atoms with Gasteiger partial charge in [0.25, 0.3) is 0 Å². The smallest absolute Gasteiger partial charge is 0.130 e. The molecule has 3 N–H and O–H groups in total. The van der Waals surface area contributed by atoms with E-state index in [4.69, 9.17) is 10.7 Å². The fourth-order valence-corrected chi connectivity index (χ4v) is 1.79. The first kappa shape index (κ1) is 10.5. The van der Waals surface area contributed by atoms with E-state index in [9.17, 15) is 5.11 Å². The molecule has 1 rings (SSSR count). The fourth-order valence-electron chi connectivity index (χ4n) is 1.05. The van der Waals surface area contributed by atoms with Gasteiger partial charge < -0.3 is 5.11 Å². The lowest BCUT2D eigenvalue weighted by Gasteiger charge is -2.23. The van der Waals surface area contributed by atoms with Gasteiger partial charge in [-0.15, -0.1) is 0 Å². The molecule has 0 aliphatic rings. The summed E-state index contributed by atoms with van der Waals surface area (Å²) in [6, 6.07) is 5.19. The fraction of sp³-hybridized carbons (Fsp3) is 0.333. The van der Waals surface area contributed by atoms with Gasteiger partial charge >= 0.3 is 0 Å². The molecule has 0 aromatic heterocycles. The first-order chi connectivity index (χ1) is 5.99. The van der Waals surface area contributed by atoms with Gasteiger partial charge in [0.2, 0.25) is 0 Å². The molecule has 0 aliphatic heterocycles. The van der Waals surface area contributed by atoms with Gasteiger partial charge in [0.1, 0.15) is 11.4 Å². The zero-order valence-corrected chi connectivity index (χ0v) is 9.13. The van der Waals surface area contributed by atoms with Crippen molar-refractivity contribution in [2.75, 3.05) is 0 Å². The normalized spacial score (nSPS) is 11.7. The van der Waals surface area contributed by atoms with Crippen molar-refractivity contribution in [3.63, 3.8) is 0 Å². The molecule has 0 radical (unpaired) electrons. The van der Waals surface area contributed by atoms with Gasteiger partial charge in [0.15, 0.2) is 0 Å². The number of phenols is 1. The van der Waals surface area contributed by atoms with E-state index < -0.39 is 5.60 Å². The van der Waals surface area contributed by atoms with Crippen LogP contribution < -0.4 is 5.90 Å². The highest BCUT2D eigenvalue weighted by Gasteiger charge is 2.24. The van der Waals surface area contributed by atoms with Crippen molar-refractivity contribution in [2.45, 2.75) is 19.4 Å². The lowest BCUT2D eigenvalue weighted by atomic mass is 9.98. The maximum atomic E-state index is 9.42. The largest absolute Gasteiger partial charge is 0.507 e. The summed E-state index contributed by atoms with van der Waals surface area (Å²) in [7, 11) is 0. The van der Waals surface area contributed by atoms with Crippen molar-refractivity contribution in [3.8, 4) is 5.75 Å². The summed E-state index contributed by atoms with van der Waals surface area (Å²) in [6.45, 7) is 3.65. The molecule has 0 unspecified atom stereocenters. The van der Waals surface area contributed by atoms with Gasteiger partial charge in [-0.2, -0.15) is 0 Å². The van der Waals surface area contributed by atoms with Crippen molar-refractivity contribution in [2.24, 2.45) is 5.90 Å². The molecule has 3 nitrogen and oxygen atoms in total. The summed E-state index contributed by atoms with van der Waals surface area (Å²) in [6.07, 6.45) is 0. The molecule has 0 heterocycles. The van der Waals surface area contributed by atoms with Crippen LogP contribution in [-0.4, -0.2) is 5.11 Å². The van der Waals surface area contributed by atoms with E-state index in [0.717, 1.165) is 5.56 Å². The molecule has 0 amide bonds. The average Bonchev–Trinajstić information content (AvgIpc) is 2.09. The first-order valence-electron chi connectivity index (χ1n) is 3.85. The van der Waals surface area contributed by atoms with E-state index in [1.54, 1.807) is 12.1 Å². The minimum Gasteiger partial charge on any atom is -0.507 e. The van der Waals surface area contributed by atoms with Crippen LogP contribution in [0.15, 0.2) is 22.7 Å². The van der Waals surface area contributed by atoms with E-state index in [-0.39, 0.29) is 5.75 Å². The summed E-state index contributed by atoms with van der Waals surface area (Å²) >= 11 is 3.27. The van der Waals surface area contributed by atoms with Crippen LogP contribution in [0.5, 0.6) is 5.75 Å². The summed E-state index contributed by atoms with van der Waals surface area (Å²) in [4.78, 5) is 4.82. The molecule has 0 spiro atoms. The third-order valence-electron chi connectivity index (χ3n) is 1.92. The number of halogens is 1. The van der Waals surface area contributed by atoms with Gasteiger partial charge in [-0.25, -0.2) is 5.90 Å². The molecule has 0 aliphatic carbocycles. The molecule has 13 heavy (non-hydrogen) atoms.